The Morgan fingerprint density at radius 2 is 1.93 bits per heavy atom. The van der Waals surface area contributed by atoms with Crippen LogP contribution in [-0.2, 0) is 0 Å². The third kappa shape index (κ3) is 4.52. The third-order valence-corrected chi connectivity index (χ3v) is 3.92. The molecule has 2 nitrogen and oxygen atoms in total. The molecule has 0 aromatic rings. The molecule has 1 rings (SSSR count). The number of hydrogen-bond donors (Lipinski definition) is 2. The molecule has 0 amide bonds. The zero-order valence-corrected chi connectivity index (χ0v) is 10.6. The normalized spacial score (nSPS) is 24.8. The second-order valence-corrected chi connectivity index (χ2v) is 5.42. The summed E-state index contributed by atoms with van der Waals surface area (Å²) in [4.78, 5) is 0. The van der Waals surface area contributed by atoms with Gasteiger partial charge in [-0.1, -0.05) is 26.2 Å². The smallest absolute Gasteiger partial charge is 0.0741 e. The summed E-state index contributed by atoms with van der Waals surface area (Å²) in [5, 5.41) is 13.4. The van der Waals surface area contributed by atoms with Gasteiger partial charge in [-0.15, -0.1) is 0 Å². The molecule has 2 N–H and O–H groups in total. The van der Waals surface area contributed by atoms with Gasteiger partial charge >= 0.3 is 0 Å². The summed E-state index contributed by atoms with van der Waals surface area (Å²) in [5.41, 5.74) is -0.539. The topological polar surface area (TPSA) is 32.3 Å². The first-order chi connectivity index (χ1) is 7.05. The van der Waals surface area contributed by atoms with Crippen molar-refractivity contribution in [3.05, 3.63) is 0 Å². The number of nitrogens with one attached hydrogen (secondary N) is 1. The van der Waals surface area contributed by atoms with Crippen LogP contribution in [-0.4, -0.2) is 23.3 Å². The molecular weight excluding hydrogens is 186 g/mol. The van der Waals surface area contributed by atoms with E-state index in [1.54, 1.807) is 0 Å². The number of rotatable bonds is 5. The fourth-order valence-corrected chi connectivity index (χ4v) is 2.31. The van der Waals surface area contributed by atoms with E-state index in [0.717, 1.165) is 18.9 Å². The van der Waals surface area contributed by atoms with Crippen LogP contribution in [0.15, 0.2) is 0 Å². The molecule has 1 unspecified atom stereocenters. The minimum Gasteiger partial charge on any atom is -0.389 e. The highest BCUT2D eigenvalue weighted by molar-refractivity contribution is 4.80. The Bertz CT molecular complexity index is 173. The lowest BCUT2D eigenvalue weighted by atomic mass is 9.84. The zero-order chi connectivity index (χ0) is 11.3. The molecule has 0 saturated heterocycles. The molecule has 15 heavy (non-hydrogen) atoms. The van der Waals surface area contributed by atoms with E-state index in [9.17, 15) is 5.11 Å². The number of aliphatic hydroxyl groups is 1. The van der Waals surface area contributed by atoms with Gasteiger partial charge in [0.25, 0.3) is 0 Å². The number of hydrogen-bond acceptors (Lipinski definition) is 2. The minimum atomic E-state index is -0.539. The molecule has 1 aliphatic rings. The summed E-state index contributed by atoms with van der Waals surface area (Å²) in [6.07, 6.45) is 7.74. The van der Waals surface area contributed by atoms with Gasteiger partial charge < -0.3 is 10.4 Å². The van der Waals surface area contributed by atoms with Gasteiger partial charge in [-0.25, -0.2) is 0 Å². The van der Waals surface area contributed by atoms with Crippen molar-refractivity contribution in [1.29, 1.82) is 0 Å². The molecular formula is C13H27NO. The maximum atomic E-state index is 9.91. The van der Waals surface area contributed by atoms with Crippen molar-refractivity contribution in [1.82, 2.24) is 5.32 Å². The van der Waals surface area contributed by atoms with E-state index in [1.165, 1.54) is 32.1 Å². The van der Waals surface area contributed by atoms with Crippen LogP contribution in [0.3, 0.4) is 0 Å². The van der Waals surface area contributed by atoms with Gasteiger partial charge in [0.05, 0.1) is 5.60 Å². The van der Waals surface area contributed by atoms with E-state index in [2.05, 4.69) is 12.2 Å². The highest BCUT2D eigenvalue weighted by Crippen LogP contribution is 2.26. The van der Waals surface area contributed by atoms with E-state index in [0.29, 0.717) is 6.04 Å². The lowest BCUT2D eigenvalue weighted by Crippen LogP contribution is -2.44. The first kappa shape index (κ1) is 13.0. The summed E-state index contributed by atoms with van der Waals surface area (Å²) in [6.45, 7) is 6.93. The average molecular weight is 213 g/mol. The summed E-state index contributed by atoms with van der Waals surface area (Å²) < 4.78 is 0. The fraction of sp³-hybridized carbons (Fsp3) is 1.00. The predicted octanol–water partition coefficient (Wildman–Crippen LogP) is 2.71. The molecule has 2 atom stereocenters. The van der Waals surface area contributed by atoms with Crippen molar-refractivity contribution in [2.75, 3.05) is 6.54 Å². The molecule has 1 saturated carbocycles. The van der Waals surface area contributed by atoms with Crippen LogP contribution >= 0.6 is 0 Å². The largest absolute Gasteiger partial charge is 0.389 e. The van der Waals surface area contributed by atoms with Crippen molar-refractivity contribution in [2.24, 2.45) is 5.92 Å². The van der Waals surface area contributed by atoms with E-state index in [1.807, 2.05) is 13.8 Å². The van der Waals surface area contributed by atoms with Gasteiger partial charge in [0.1, 0.15) is 0 Å². The molecule has 0 radical (unpaired) electrons. The van der Waals surface area contributed by atoms with Crippen LogP contribution in [0.1, 0.15) is 59.3 Å². The first-order valence-electron chi connectivity index (χ1n) is 6.51. The molecule has 0 spiro atoms. The van der Waals surface area contributed by atoms with Crippen molar-refractivity contribution >= 4 is 0 Å². The Morgan fingerprint density at radius 1 is 1.33 bits per heavy atom. The average Bonchev–Trinajstić information content (AvgIpc) is 2.27. The minimum absolute atomic E-state index is 0.539. The van der Waals surface area contributed by atoms with Crippen LogP contribution < -0.4 is 5.32 Å². The van der Waals surface area contributed by atoms with Gasteiger partial charge in [-0.2, -0.15) is 0 Å². The van der Waals surface area contributed by atoms with Gasteiger partial charge in [-0.3, -0.25) is 0 Å². The third-order valence-electron chi connectivity index (χ3n) is 3.92. The Hall–Kier alpha value is -0.0800. The Labute approximate surface area is 94.5 Å². The van der Waals surface area contributed by atoms with Gasteiger partial charge in [0.2, 0.25) is 0 Å². The summed E-state index contributed by atoms with van der Waals surface area (Å²) in [7, 11) is 0. The van der Waals surface area contributed by atoms with Crippen molar-refractivity contribution in [2.45, 2.75) is 70.9 Å². The van der Waals surface area contributed by atoms with Crippen molar-refractivity contribution in [3.8, 4) is 0 Å². The van der Waals surface area contributed by atoms with Crippen LogP contribution in [0.25, 0.3) is 0 Å². The Kier molecular flexibility index (Phi) is 5.07. The van der Waals surface area contributed by atoms with E-state index in [-0.39, 0.29) is 0 Å². The Morgan fingerprint density at radius 3 is 2.47 bits per heavy atom. The second-order valence-electron chi connectivity index (χ2n) is 5.42. The molecule has 0 bridgehead atoms. The monoisotopic (exact) mass is 213 g/mol. The van der Waals surface area contributed by atoms with Crippen LogP contribution in [0, 0.1) is 5.92 Å². The summed E-state index contributed by atoms with van der Waals surface area (Å²) in [6, 6.07) is 0.559. The van der Waals surface area contributed by atoms with E-state index >= 15 is 0 Å². The molecule has 0 aromatic carbocycles. The summed E-state index contributed by atoms with van der Waals surface area (Å²) in [5.74, 6) is 0.825. The van der Waals surface area contributed by atoms with Crippen LogP contribution in [0.4, 0.5) is 0 Å². The Balaban J connectivity index is 2.25. The van der Waals surface area contributed by atoms with Gasteiger partial charge in [0.15, 0.2) is 0 Å². The maximum absolute atomic E-state index is 9.91. The van der Waals surface area contributed by atoms with Crippen LogP contribution in [0.2, 0.25) is 0 Å². The molecule has 1 fully saturated rings. The lowest BCUT2D eigenvalue weighted by molar-refractivity contribution is 0.0501. The molecule has 0 aliphatic heterocycles. The van der Waals surface area contributed by atoms with Crippen LogP contribution in [0.5, 0.6) is 0 Å². The van der Waals surface area contributed by atoms with Crippen molar-refractivity contribution in [3.63, 3.8) is 0 Å². The molecule has 0 heterocycles. The molecule has 1 aliphatic carbocycles. The molecule has 0 aromatic heterocycles. The SMILES string of the molecule is CCC(C)(O)CN[C@@H](C)C1CCCCC1. The van der Waals surface area contributed by atoms with Gasteiger partial charge in [-0.05, 0) is 39.0 Å². The van der Waals surface area contributed by atoms with Crippen molar-refractivity contribution < 1.29 is 5.11 Å². The highest BCUT2D eigenvalue weighted by atomic mass is 16.3. The molecule has 90 valence electrons. The highest BCUT2D eigenvalue weighted by Gasteiger charge is 2.23. The second kappa shape index (κ2) is 5.86. The van der Waals surface area contributed by atoms with Gasteiger partial charge in [0, 0.05) is 12.6 Å². The quantitative estimate of drug-likeness (QED) is 0.736. The summed E-state index contributed by atoms with van der Waals surface area (Å²) >= 11 is 0. The maximum Gasteiger partial charge on any atom is 0.0741 e. The lowest BCUT2D eigenvalue weighted by Gasteiger charge is -2.31. The molecule has 2 heteroatoms. The zero-order valence-electron chi connectivity index (χ0n) is 10.6. The fourth-order valence-electron chi connectivity index (χ4n) is 2.31. The van der Waals surface area contributed by atoms with E-state index in [4.69, 9.17) is 0 Å². The first-order valence-corrected chi connectivity index (χ1v) is 6.51. The predicted molar refractivity (Wildman–Crippen MR) is 65.0 cm³/mol. The van der Waals surface area contributed by atoms with E-state index < -0.39 is 5.60 Å². The standard InChI is InChI=1S/C13H27NO/c1-4-13(3,15)10-14-11(2)12-8-6-5-7-9-12/h11-12,14-15H,4-10H2,1-3H3/t11-,13?/m0/s1.